The number of carbonyl (C=O) groups excluding carboxylic acids is 4. The summed E-state index contributed by atoms with van der Waals surface area (Å²) >= 11 is 0. The molecule has 3 aliphatic rings. The van der Waals surface area contributed by atoms with Crippen LogP contribution in [0.3, 0.4) is 0 Å². The molecule has 35 heavy (non-hydrogen) atoms. The van der Waals surface area contributed by atoms with Gasteiger partial charge >= 0.3 is 5.97 Å². The molecule has 0 radical (unpaired) electrons. The molecule has 0 aromatic heterocycles. The van der Waals surface area contributed by atoms with Crippen molar-refractivity contribution in [2.45, 2.75) is 18.9 Å². The topological polar surface area (TPSA) is 102 Å². The third-order valence-corrected chi connectivity index (χ3v) is 7.06. The highest BCUT2D eigenvalue weighted by atomic mass is 16.5. The molecule has 2 aliphatic carbocycles. The Labute approximate surface area is 202 Å². The van der Waals surface area contributed by atoms with E-state index >= 15 is 0 Å². The lowest BCUT2D eigenvalue weighted by Gasteiger charge is -2.26. The van der Waals surface area contributed by atoms with Gasteiger partial charge < -0.3 is 14.8 Å². The lowest BCUT2D eigenvalue weighted by Crippen LogP contribution is -2.48. The van der Waals surface area contributed by atoms with Crippen molar-refractivity contribution in [2.75, 3.05) is 19.0 Å². The molecule has 8 nitrogen and oxygen atoms in total. The van der Waals surface area contributed by atoms with Crippen LogP contribution in [0.1, 0.15) is 12.0 Å². The number of hydrogen-bond acceptors (Lipinski definition) is 6. The number of hydrogen-bond donors (Lipinski definition) is 1. The lowest BCUT2D eigenvalue weighted by molar-refractivity contribution is -0.160. The van der Waals surface area contributed by atoms with Crippen LogP contribution < -0.4 is 10.1 Å². The number of benzene rings is 2. The standard InChI is InChI=1S/C27H26N2O6/c1-34-20-9-5-8-19(14-20)28-22(30)15-35-27(33)21(12-16-6-3-2-4-7-16)29-25(31)23-17-10-11-18(13-17)24(23)26(29)32/h2-11,14,17-18,21,23-24H,12-13,15H2,1H3,(H,28,30)/t17-,18-,21-,23-,24+/m0/s1. The van der Waals surface area contributed by atoms with E-state index in [9.17, 15) is 19.2 Å². The maximum atomic E-state index is 13.3. The largest absolute Gasteiger partial charge is 0.497 e. The summed E-state index contributed by atoms with van der Waals surface area (Å²) in [4.78, 5) is 53.4. The maximum absolute atomic E-state index is 13.3. The normalized spacial score (nSPS) is 24.9. The first-order valence-corrected chi connectivity index (χ1v) is 11.7. The van der Waals surface area contributed by atoms with E-state index in [1.165, 1.54) is 7.11 Å². The van der Waals surface area contributed by atoms with Gasteiger partial charge in [-0.15, -0.1) is 0 Å². The SMILES string of the molecule is COc1cccc(NC(=O)COC(=O)[C@H](Cc2ccccc2)N2C(=O)[C@@H]3[C@H](C2=O)[C@H]2C=C[C@H]3C2)c1. The molecule has 1 heterocycles. The molecule has 2 aromatic rings. The number of fused-ring (bicyclic) bond motifs is 5. The van der Waals surface area contributed by atoms with E-state index in [0.717, 1.165) is 16.9 Å². The van der Waals surface area contributed by atoms with Gasteiger partial charge in [-0.05, 0) is 36.0 Å². The highest BCUT2D eigenvalue weighted by Gasteiger charge is 2.61. The van der Waals surface area contributed by atoms with E-state index in [1.807, 2.05) is 42.5 Å². The number of carbonyl (C=O) groups is 4. The van der Waals surface area contributed by atoms with Gasteiger partial charge in [0, 0.05) is 18.2 Å². The summed E-state index contributed by atoms with van der Waals surface area (Å²) in [6.07, 6.45) is 4.94. The Morgan fingerprint density at radius 1 is 1.00 bits per heavy atom. The minimum Gasteiger partial charge on any atom is -0.497 e. The minimum atomic E-state index is -1.13. The van der Waals surface area contributed by atoms with Crippen LogP contribution in [0.4, 0.5) is 5.69 Å². The number of nitrogens with zero attached hydrogens (tertiary/aromatic N) is 1. The predicted octanol–water partition coefficient (Wildman–Crippen LogP) is 2.60. The molecule has 180 valence electrons. The van der Waals surface area contributed by atoms with Crippen molar-refractivity contribution >= 4 is 29.4 Å². The summed E-state index contributed by atoms with van der Waals surface area (Å²) in [7, 11) is 1.52. The first-order chi connectivity index (χ1) is 17.0. The number of anilines is 1. The molecule has 8 heteroatoms. The van der Waals surface area contributed by atoms with E-state index in [-0.39, 0.29) is 30.1 Å². The lowest BCUT2D eigenvalue weighted by atomic mass is 9.85. The first-order valence-electron chi connectivity index (χ1n) is 11.7. The highest BCUT2D eigenvalue weighted by molar-refractivity contribution is 6.09. The molecule has 2 aromatic carbocycles. The molecule has 0 spiro atoms. The van der Waals surface area contributed by atoms with Crippen molar-refractivity contribution in [1.82, 2.24) is 4.90 Å². The van der Waals surface area contributed by atoms with Crippen LogP contribution in [-0.4, -0.2) is 48.3 Å². The number of nitrogens with one attached hydrogen (secondary N) is 1. The quantitative estimate of drug-likeness (QED) is 0.359. The summed E-state index contributed by atoms with van der Waals surface area (Å²) in [6.45, 7) is -0.544. The molecular formula is C27H26N2O6. The average Bonchev–Trinajstić information content (AvgIpc) is 3.56. The highest BCUT2D eigenvalue weighted by Crippen LogP contribution is 2.53. The molecule has 5 atom stereocenters. The van der Waals surface area contributed by atoms with Gasteiger partial charge in [0.15, 0.2) is 6.61 Å². The van der Waals surface area contributed by atoms with Crippen LogP contribution in [0.5, 0.6) is 5.75 Å². The molecule has 2 fully saturated rings. The van der Waals surface area contributed by atoms with Crippen molar-refractivity contribution in [3.8, 4) is 5.75 Å². The van der Waals surface area contributed by atoms with Crippen molar-refractivity contribution in [1.29, 1.82) is 0 Å². The summed E-state index contributed by atoms with van der Waals surface area (Å²) in [5.41, 5.74) is 1.28. The molecule has 2 bridgehead atoms. The summed E-state index contributed by atoms with van der Waals surface area (Å²) in [5, 5.41) is 2.65. The van der Waals surface area contributed by atoms with Crippen molar-refractivity contribution in [3.63, 3.8) is 0 Å². The van der Waals surface area contributed by atoms with Gasteiger partial charge in [-0.25, -0.2) is 4.79 Å². The third kappa shape index (κ3) is 4.32. The predicted molar refractivity (Wildman–Crippen MR) is 126 cm³/mol. The van der Waals surface area contributed by atoms with E-state index in [2.05, 4.69) is 5.32 Å². The molecule has 5 rings (SSSR count). The van der Waals surface area contributed by atoms with Crippen LogP contribution in [0, 0.1) is 23.7 Å². The third-order valence-electron chi connectivity index (χ3n) is 7.06. The van der Waals surface area contributed by atoms with Crippen LogP contribution in [0.15, 0.2) is 66.7 Å². The van der Waals surface area contributed by atoms with Crippen LogP contribution >= 0.6 is 0 Å². The zero-order valence-corrected chi connectivity index (χ0v) is 19.3. The van der Waals surface area contributed by atoms with Gasteiger partial charge in [0.2, 0.25) is 11.8 Å². The molecule has 1 saturated carbocycles. The summed E-state index contributed by atoms with van der Waals surface area (Å²) in [5.74, 6) is -2.16. The Hall–Kier alpha value is -3.94. The molecule has 1 saturated heterocycles. The van der Waals surface area contributed by atoms with Gasteiger partial charge in [-0.2, -0.15) is 0 Å². The van der Waals surface area contributed by atoms with E-state index in [1.54, 1.807) is 24.3 Å². The van der Waals surface area contributed by atoms with Gasteiger partial charge in [0.05, 0.1) is 18.9 Å². The number of imide groups is 1. The molecular weight excluding hydrogens is 448 g/mol. The van der Waals surface area contributed by atoms with Gasteiger partial charge in [-0.3, -0.25) is 19.3 Å². The minimum absolute atomic E-state index is 0.0356. The fraction of sp³-hybridized carbons (Fsp3) is 0.333. The second-order valence-electron chi connectivity index (χ2n) is 9.14. The van der Waals surface area contributed by atoms with Crippen molar-refractivity contribution in [3.05, 3.63) is 72.3 Å². The summed E-state index contributed by atoms with van der Waals surface area (Å²) < 4.78 is 10.5. The number of likely N-dealkylation sites (tertiary alicyclic amines) is 1. The molecule has 3 amide bonds. The van der Waals surface area contributed by atoms with Gasteiger partial charge in [-0.1, -0.05) is 48.6 Å². The Bertz CT molecular complexity index is 1160. The number of allylic oxidation sites excluding steroid dienone is 2. The Balaban J connectivity index is 1.31. The monoisotopic (exact) mass is 474 g/mol. The second-order valence-corrected chi connectivity index (χ2v) is 9.14. The van der Waals surface area contributed by atoms with Crippen LogP contribution in [0.2, 0.25) is 0 Å². The smallest absolute Gasteiger partial charge is 0.330 e. The fourth-order valence-corrected chi connectivity index (χ4v) is 5.48. The summed E-state index contributed by atoms with van der Waals surface area (Å²) in [6, 6.07) is 14.8. The van der Waals surface area contributed by atoms with E-state index in [0.29, 0.717) is 11.4 Å². The van der Waals surface area contributed by atoms with Crippen LogP contribution in [-0.2, 0) is 30.3 Å². The van der Waals surface area contributed by atoms with Crippen molar-refractivity contribution < 1.29 is 28.7 Å². The van der Waals surface area contributed by atoms with Crippen LogP contribution in [0.25, 0.3) is 0 Å². The number of esters is 1. The van der Waals surface area contributed by atoms with E-state index < -0.39 is 36.4 Å². The zero-order valence-electron chi connectivity index (χ0n) is 19.3. The first kappa shape index (κ1) is 22.8. The molecule has 0 unspecified atom stereocenters. The van der Waals surface area contributed by atoms with Gasteiger partial charge in [0.1, 0.15) is 11.8 Å². The molecule has 1 aliphatic heterocycles. The fourth-order valence-electron chi connectivity index (χ4n) is 5.48. The number of rotatable bonds is 8. The Kier molecular flexibility index (Phi) is 6.11. The Morgan fingerprint density at radius 2 is 1.69 bits per heavy atom. The average molecular weight is 475 g/mol. The number of ether oxygens (including phenoxy) is 2. The maximum Gasteiger partial charge on any atom is 0.330 e. The number of amides is 3. The number of methoxy groups -OCH3 is 1. The zero-order chi connectivity index (χ0) is 24.5. The second kappa shape index (κ2) is 9.37. The van der Waals surface area contributed by atoms with Crippen molar-refractivity contribution in [2.24, 2.45) is 23.7 Å². The van der Waals surface area contributed by atoms with Gasteiger partial charge in [0.25, 0.3) is 5.91 Å². The Morgan fingerprint density at radius 3 is 2.34 bits per heavy atom. The molecule has 1 N–H and O–H groups in total. The van der Waals surface area contributed by atoms with E-state index in [4.69, 9.17) is 9.47 Å².